The van der Waals surface area contributed by atoms with Crippen molar-refractivity contribution in [1.29, 1.82) is 0 Å². The van der Waals surface area contributed by atoms with Crippen molar-refractivity contribution in [2.24, 2.45) is 0 Å². The molecule has 0 bridgehead atoms. The van der Waals surface area contributed by atoms with E-state index < -0.39 is 5.97 Å². The number of hydrogen-bond donors (Lipinski definition) is 2. The molecule has 6 heteroatoms. The molecule has 92 valence electrons. The van der Waals surface area contributed by atoms with Gasteiger partial charge in [0.15, 0.2) is 0 Å². The zero-order chi connectivity index (χ0) is 13.0. The fraction of sp³-hybridized carbons (Fsp3) is 0.0833. The molecule has 5 nitrogen and oxygen atoms in total. The molecule has 0 aliphatic heterocycles. The van der Waals surface area contributed by atoms with Gasteiger partial charge in [-0.3, -0.25) is 4.79 Å². The number of anilines is 1. The van der Waals surface area contributed by atoms with Crippen LogP contribution in [0.25, 0.3) is 0 Å². The van der Waals surface area contributed by atoms with Crippen molar-refractivity contribution in [1.82, 2.24) is 4.98 Å². The van der Waals surface area contributed by atoms with E-state index in [9.17, 15) is 9.59 Å². The minimum Gasteiger partial charge on any atom is -0.477 e. The number of carbonyl (C=O) groups is 2. The number of pyridine rings is 1. The molecule has 0 aliphatic carbocycles. The van der Waals surface area contributed by atoms with Gasteiger partial charge < -0.3 is 10.4 Å². The summed E-state index contributed by atoms with van der Waals surface area (Å²) in [6.07, 6.45) is 1.62. The first kappa shape index (κ1) is 12.3. The predicted molar refractivity (Wildman–Crippen MR) is 67.8 cm³/mol. The average Bonchev–Trinajstić information content (AvgIpc) is 2.82. The maximum Gasteiger partial charge on any atom is 0.354 e. The maximum atomic E-state index is 11.7. The van der Waals surface area contributed by atoms with Gasteiger partial charge in [-0.25, -0.2) is 9.78 Å². The molecule has 0 saturated heterocycles. The van der Waals surface area contributed by atoms with Crippen molar-refractivity contribution >= 4 is 28.9 Å². The van der Waals surface area contributed by atoms with Crippen LogP contribution in [0.1, 0.15) is 16.1 Å². The molecule has 0 atom stereocenters. The number of amides is 1. The molecular weight excluding hydrogens is 252 g/mol. The van der Waals surface area contributed by atoms with Crippen LogP contribution in [0.2, 0.25) is 0 Å². The highest BCUT2D eigenvalue weighted by atomic mass is 32.1. The lowest BCUT2D eigenvalue weighted by Gasteiger charge is -2.04. The molecular formula is C12H10N2O3S. The third-order valence-electron chi connectivity index (χ3n) is 2.21. The highest BCUT2D eigenvalue weighted by Crippen LogP contribution is 2.11. The molecule has 1 amide bonds. The van der Waals surface area contributed by atoms with Crippen molar-refractivity contribution in [3.63, 3.8) is 0 Å². The number of thiophene rings is 1. The highest BCUT2D eigenvalue weighted by Gasteiger charge is 2.08. The van der Waals surface area contributed by atoms with E-state index in [-0.39, 0.29) is 18.0 Å². The first-order chi connectivity index (χ1) is 8.65. The summed E-state index contributed by atoms with van der Waals surface area (Å²) in [4.78, 5) is 26.1. The lowest BCUT2D eigenvalue weighted by Crippen LogP contribution is -2.14. The first-order valence-corrected chi connectivity index (χ1v) is 6.10. The highest BCUT2D eigenvalue weighted by molar-refractivity contribution is 7.08. The van der Waals surface area contributed by atoms with E-state index in [1.165, 1.54) is 23.6 Å². The normalized spacial score (nSPS) is 10.0. The second kappa shape index (κ2) is 5.42. The van der Waals surface area contributed by atoms with Crippen molar-refractivity contribution in [2.75, 3.05) is 5.32 Å². The average molecular weight is 262 g/mol. The van der Waals surface area contributed by atoms with Gasteiger partial charge in [-0.2, -0.15) is 11.3 Å². The minimum atomic E-state index is -1.12. The van der Waals surface area contributed by atoms with Gasteiger partial charge in [-0.15, -0.1) is 0 Å². The Morgan fingerprint density at radius 3 is 2.89 bits per heavy atom. The summed E-state index contributed by atoms with van der Waals surface area (Å²) in [5, 5.41) is 15.2. The first-order valence-electron chi connectivity index (χ1n) is 5.15. The summed E-state index contributed by atoms with van der Waals surface area (Å²) in [5.41, 5.74) is 1.27. The van der Waals surface area contributed by atoms with Gasteiger partial charge in [-0.05, 0) is 34.5 Å². The van der Waals surface area contributed by atoms with E-state index >= 15 is 0 Å². The minimum absolute atomic E-state index is 0.0941. The van der Waals surface area contributed by atoms with Gasteiger partial charge in [0.05, 0.1) is 6.42 Å². The van der Waals surface area contributed by atoms with E-state index in [0.29, 0.717) is 5.69 Å². The molecule has 2 N–H and O–H groups in total. The number of aromatic nitrogens is 1. The van der Waals surface area contributed by atoms with Crippen LogP contribution in [0.5, 0.6) is 0 Å². The second-order valence-electron chi connectivity index (χ2n) is 3.59. The van der Waals surface area contributed by atoms with E-state index in [1.807, 2.05) is 16.8 Å². The molecule has 2 heterocycles. The van der Waals surface area contributed by atoms with Crippen LogP contribution >= 0.6 is 11.3 Å². The molecule has 0 aliphatic rings. The molecule has 0 spiro atoms. The van der Waals surface area contributed by atoms with Crippen LogP contribution in [-0.2, 0) is 11.2 Å². The summed E-state index contributed by atoms with van der Waals surface area (Å²) in [7, 11) is 0. The van der Waals surface area contributed by atoms with Gasteiger partial charge in [0, 0.05) is 11.9 Å². The van der Waals surface area contributed by atoms with Crippen molar-refractivity contribution in [3.05, 3.63) is 46.4 Å². The van der Waals surface area contributed by atoms with Crippen LogP contribution in [-0.4, -0.2) is 22.0 Å². The third-order valence-corrected chi connectivity index (χ3v) is 2.94. The summed E-state index contributed by atoms with van der Waals surface area (Å²) < 4.78 is 0. The third kappa shape index (κ3) is 3.14. The molecule has 2 aromatic rings. The van der Waals surface area contributed by atoms with Crippen molar-refractivity contribution < 1.29 is 14.7 Å². The van der Waals surface area contributed by atoms with Crippen LogP contribution < -0.4 is 5.32 Å². The zero-order valence-electron chi connectivity index (χ0n) is 9.29. The van der Waals surface area contributed by atoms with Crippen molar-refractivity contribution in [3.8, 4) is 0 Å². The maximum absolute atomic E-state index is 11.7. The van der Waals surface area contributed by atoms with Gasteiger partial charge in [0.2, 0.25) is 5.91 Å². The monoisotopic (exact) mass is 262 g/mol. The Hall–Kier alpha value is -2.21. The number of rotatable bonds is 4. The number of hydrogen-bond acceptors (Lipinski definition) is 4. The summed E-state index contributed by atoms with van der Waals surface area (Å²) in [6, 6.07) is 4.76. The molecule has 0 unspecified atom stereocenters. The number of nitrogens with one attached hydrogen (secondary N) is 1. The SMILES string of the molecule is O=C(Cc1ccsc1)Nc1ccnc(C(=O)O)c1. The van der Waals surface area contributed by atoms with Crippen molar-refractivity contribution in [2.45, 2.75) is 6.42 Å². The van der Waals surface area contributed by atoms with Crippen LogP contribution in [0.3, 0.4) is 0 Å². The molecule has 0 aromatic carbocycles. The summed E-state index contributed by atoms with van der Waals surface area (Å²) in [6.45, 7) is 0. The molecule has 2 rings (SSSR count). The van der Waals surface area contributed by atoms with Gasteiger partial charge >= 0.3 is 5.97 Å². The summed E-state index contributed by atoms with van der Waals surface area (Å²) >= 11 is 1.53. The molecule has 18 heavy (non-hydrogen) atoms. The van der Waals surface area contributed by atoms with Gasteiger partial charge in [0.1, 0.15) is 5.69 Å². The Morgan fingerprint density at radius 1 is 1.39 bits per heavy atom. The van der Waals surface area contributed by atoms with E-state index in [4.69, 9.17) is 5.11 Å². The van der Waals surface area contributed by atoms with E-state index in [1.54, 1.807) is 6.07 Å². The Morgan fingerprint density at radius 2 is 2.22 bits per heavy atom. The Bertz CT molecular complexity index is 566. The molecule has 2 aromatic heterocycles. The zero-order valence-corrected chi connectivity index (χ0v) is 10.1. The fourth-order valence-corrected chi connectivity index (χ4v) is 2.08. The molecule has 0 radical (unpaired) electrons. The molecule has 0 saturated carbocycles. The second-order valence-corrected chi connectivity index (χ2v) is 4.37. The smallest absolute Gasteiger partial charge is 0.354 e. The number of carboxylic acid groups (broad SMARTS) is 1. The van der Waals surface area contributed by atoms with Gasteiger partial charge in [-0.1, -0.05) is 0 Å². The number of carboxylic acids is 1. The number of aromatic carboxylic acids is 1. The van der Waals surface area contributed by atoms with Crippen LogP contribution in [0, 0.1) is 0 Å². The topological polar surface area (TPSA) is 79.3 Å². The Labute approximate surface area is 107 Å². The standard InChI is InChI=1S/C12H10N2O3S/c15-11(5-8-2-4-18-7-8)14-9-1-3-13-10(6-9)12(16)17/h1-4,6-7H,5H2,(H,16,17)(H,13,14,15). The van der Waals surface area contributed by atoms with Crippen LogP contribution in [0.15, 0.2) is 35.2 Å². The number of nitrogens with zero attached hydrogens (tertiary/aromatic N) is 1. The predicted octanol–water partition coefficient (Wildman–Crippen LogP) is 2.02. The Kier molecular flexibility index (Phi) is 3.69. The fourth-order valence-electron chi connectivity index (χ4n) is 1.41. The van der Waals surface area contributed by atoms with E-state index in [0.717, 1.165) is 5.56 Å². The van der Waals surface area contributed by atoms with Gasteiger partial charge in [0.25, 0.3) is 0 Å². The van der Waals surface area contributed by atoms with E-state index in [2.05, 4.69) is 10.3 Å². The lowest BCUT2D eigenvalue weighted by atomic mass is 10.2. The largest absolute Gasteiger partial charge is 0.477 e. The van der Waals surface area contributed by atoms with Crippen LogP contribution in [0.4, 0.5) is 5.69 Å². The quantitative estimate of drug-likeness (QED) is 0.883. The summed E-state index contributed by atoms with van der Waals surface area (Å²) in [5.74, 6) is -1.31. The Balaban J connectivity index is 2.03. The lowest BCUT2D eigenvalue weighted by molar-refractivity contribution is -0.115. The molecule has 0 fully saturated rings. The number of carbonyl (C=O) groups excluding carboxylic acids is 1.